The summed E-state index contributed by atoms with van der Waals surface area (Å²) >= 11 is 0. The van der Waals surface area contributed by atoms with E-state index in [0.29, 0.717) is 11.6 Å². The molecule has 4 nitrogen and oxygen atoms in total. The number of benzene rings is 1. The Morgan fingerprint density at radius 2 is 1.95 bits per heavy atom. The molecule has 0 spiro atoms. The summed E-state index contributed by atoms with van der Waals surface area (Å²) in [6.07, 6.45) is 1.68. The Hall–Kier alpha value is -2.36. The highest BCUT2D eigenvalue weighted by Crippen LogP contribution is 2.32. The zero-order valence-electron chi connectivity index (χ0n) is 12.8. The number of hydrogen-bond donors (Lipinski definition) is 1. The van der Waals surface area contributed by atoms with E-state index < -0.39 is 5.41 Å². The third-order valence-corrected chi connectivity index (χ3v) is 3.51. The van der Waals surface area contributed by atoms with Gasteiger partial charge < -0.3 is 10.1 Å². The van der Waals surface area contributed by atoms with Crippen molar-refractivity contribution in [3.63, 3.8) is 0 Å². The Morgan fingerprint density at radius 3 is 2.62 bits per heavy atom. The predicted octanol–water partition coefficient (Wildman–Crippen LogP) is 3.31. The van der Waals surface area contributed by atoms with E-state index in [-0.39, 0.29) is 5.91 Å². The number of aryl methyl sites for hydroxylation is 1. The molecule has 0 saturated carbocycles. The zero-order valence-corrected chi connectivity index (χ0v) is 12.8. The van der Waals surface area contributed by atoms with Crippen molar-refractivity contribution in [2.24, 2.45) is 0 Å². The molecule has 2 aromatic rings. The number of nitrogens with zero attached hydrogens (tertiary/aromatic N) is 1. The van der Waals surface area contributed by atoms with Crippen LogP contribution in [0, 0.1) is 6.92 Å². The molecular formula is C17H20N2O2. The van der Waals surface area contributed by atoms with Gasteiger partial charge in [-0.05, 0) is 44.5 Å². The minimum absolute atomic E-state index is 0.120. The number of carbonyl (C=O) groups excluding carboxylic acids is 1. The number of carbonyl (C=O) groups is 1. The topological polar surface area (TPSA) is 51.2 Å². The van der Waals surface area contributed by atoms with Crippen LogP contribution in [0.3, 0.4) is 0 Å². The van der Waals surface area contributed by atoms with E-state index in [4.69, 9.17) is 4.74 Å². The second-order valence-electron chi connectivity index (χ2n) is 5.50. The van der Waals surface area contributed by atoms with Crippen molar-refractivity contribution in [1.29, 1.82) is 0 Å². The van der Waals surface area contributed by atoms with Crippen LogP contribution in [-0.2, 0) is 10.2 Å². The highest BCUT2D eigenvalue weighted by atomic mass is 16.5. The fraction of sp³-hybridized carbons (Fsp3) is 0.294. The summed E-state index contributed by atoms with van der Waals surface area (Å²) in [5.74, 6) is 1.14. The second kappa shape index (κ2) is 5.95. The third-order valence-electron chi connectivity index (χ3n) is 3.51. The van der Waals surface area contributed by atoms with Crippen LogP contribution in [-0.4, -0.2) is 18.0 Å². The van der Waals surface area contributed by atoms with Gasteiger partial charge >= 0.3 is 0 Å². The normalized spacial score (nSPS) is 11.0. The monoisotopic (exact) mass is 284 g/mol. The number of aromatic nitrogens is 1. The van der Waals surface area contributed by atoms with Crippen LogP contribution in [0.1, 0.15) is 25.0 Å². The van der Waals surface area contributed by atoms with Crippen LogP contribution < -0.4 is 10.1 Å². The molecule has 0 aliphatic rings. The van der Waals surface area contributed by atoms with Crippen molar-refractivity contribution < 1.29 is 9.53 Å². The van der Waals surface area contributed by atoms with Gasteiger partial charge in [-0.2, -0.15) is 0 Å². The van der Waals surface area contributed by atoms with Crippen molar-refractivity contribution in [2.45, 2.75) is 26.2 Å². The molecule has 110 valence electrons. The standard InChI is InChI=1S/C17H20N2O2/c1-12-9-10-18-15(11-12)19-16(20)17(2,3)13-7-5-6-8-14(13)21-4/h5-11H,1-4H3,(H,18,19,20). The summed E-state index contributed by atoms with van der Waals surface area (Å²) < 4.78 is 5.36. The molecule has 0 atom stereocenters. The summed E-state index contributed by atoms with van der Waals surface area (Å²) in [5, 5.41) is 2.87. The highest BCUT2D eigenvalue weighted by molar-refractivity contribution is 5.98. The molecule has 0 bridgehead atoms. The summed E-state index contributed by atoms with van der Waals surface area (Å²) in [6.45, 7) is 5.70. The number of hydrogen-bond acceptors (Lipinski definition) is 3. The molecule has 1 heterocycles. The van der Waals surface area contributed by atoms with Crippen LogP contribution in [0.2, 0.25) is 0 Å². The van der Waals surface area contributed by atoms with Crippen molar-refractivity contribution >= 4 is 11.7 Å². The first-order chi connectivity index (χ1) is 9.95. The Balaban J connectivity index is 2.28. The van der Waals surface area contributed by atoms with E-state index in [2.05, 4.69) is 10.3 Å². The Labute approximate surface area is 125 Å². The second-order valence-corrected chi connectivity index (χ2v) is 5.50. The number of anilines is 1. The lowest BCUT2D eigenvalue weighted by Crippen LogP contribution is -2.35. The van der Waals surface area contributed by atoms with Crippen molar-refractivity contribution in [3.05, 3.63) is 53.7 Å². The van der Waals surface area contributed by atoms with Gasteiger partial charge in [-0.3, -0.25) is 4.79 Å². The maximum atomic E-state index is 12.6. The smallest absolute Gasteiger partial charge is 0.235 e. The van der Waals surface area contributed by atoms with E-state index in [0.717, 1.165) is 11.1 Å². The maximum absolute atomic E-state index is 12.6. The lowest BCUT2D eigenvalue weighted by Gasteiger charge is -2.25. The quantitative estimate of drug-likeness (QED) is 0.937. The maximum Gasteiger partial charge on any atom is 0.235 e. The lowest BCUT2D eigenvalue weighted by atomic mass is 9.83. The minimum atomic E-state index is -0.724. The van der Waals surface area contributed by atoms with Gasteiger partial charge in [0.2, 0.25) is 5.91 Å². The molecule has 0 saturated heterocycles. The first-order valence-electron chi connectivity index (χ1n) is 6.83. The number of nitrogens with one attached hydrogen (secondary N) is 1. The van der Waals surface area contributed by atoms with Gasteiger partial charge in [0, 0.05) is 11.8 Å². The van der Waals surface area contributed by atoms with Gasteiger partial charge in [0.1, 0.15) is 11.6 Å². The fourth-order valence-electron chi connectivity index (χ4n) is 2.16. The van der Waals surface area contributed by atoms with Crippen LogP contribution in [0.4, 0.5) is 5.82 Å². The molecule has 0 unspecified atom stereocenters. The highest BCUT2D eigenvalue weighted by Gasteiger charge is 2.32. The molecule has 0 radical (unpaired) electrons. The average molecular weight is 284 g/mol. The molecule has 1 aromatic carbocycles. The molecule has 21 heavy (non-hydrogen) atoms. The largest absolute Gasteiger partial charge is 0.496 e. The molecule has 1 amide bonds. The molecular weight excluding hydrogens is 264 g/mol. The Morgan fingerprint density at radius 1 is 1.24 bits per heavy atom. The number of para-hydroxylation sites is 1. The molecule has 1 N–H and O–H groups in total. The van der Waals surface area contributed by atoms with Gasteiger partial charge in [-0.1, -0.05) is 18.2 Å². The van der Waals surface area contributed by atoms with Gasteiger partial charge in [0.05, 0.1) is 12.5 Å². The van der Waals surface area contributed by atoms with E-state index in [1.807, 2.05) is 57.2 Å². The predicted molar refractivity (Wildman–Crippen MR) is 83.6 cm³/mol. The molecule has 2 rings (SSSR count). The number of pyridine rings is 1. The SMILES string of the molecule is COc1ccccc1C(C)(C)C(=O)Nc1cc(C)ccn1. The summed E-state index contributed by atoms with van der Waals surface area (Å²) in [7, 11) is 1.61. The van der Waals surface area contributed by atoms with Crippen molar-refractivity contribution in [3.8, 4) is 5.75 Å². The van der Waals surface area contributed by atoms with Crippen molar-refractivity contribution in [2.75, 3.05) is 12.4 Å². The lowest BCUT2D eigenvalue weighted by molar-refractivity contribution is -0.120. The Bertz CT molecular complexity index is 651. The van der Waals surface area contributed by atoms with E-state index in [1.165, 1.54) is 0 Å². The van der Waals surface area contributed by atoms with E-state index >= 15 is 0 Å². The van der Waals surface area contributed by atoms with Gasteiger partial charge in [0.15, 0.2) is 0 Å². The third kappa shape index (κ3) is 3.21. The van der Waals surface area contributed by atoms with Crippen molar-refractivity contribution in [1.82, 2.24) is 4.98 Å². The number of amides is 1. The number of methoxy groups -OCH3 is 1. The fourth-order valence-corrected chi connectivity index (χ4v) is 2.16. The van der Waals surface area contributed by atoms with Gasteiger partial charge in [0.25, 0.3) is 0 Å². The summed E-state index contributed by atoms with van der Waals surface area (Å²) in [6, 6.07) is 11.3. The Kier molecular flexibility index (Phi) is 4.26. The molecule has 0 aliphatic heterocycles. The molecule has 1 aromatic heterocycles. The zero-order chi connectivity index (χ0) is 15.5. The van der Waals surface area contributed by atoms with E-state index in [1.54, 1.807) is 13.3 Å². The first-order valence-corrected chi connectivity index (χ1v) is 6.83. The first kappa shape index (κ1) is 15.0. The van der Waals surface area contributed by atoms with Gasteiger partial charge in [-0.15, -0.1) is 0 Å². The molecule has 4 heteroatoms. The number of rotatable bonds is 4. The van der Waals surface area contributed by atoms with Crippen LogP contribution in [0.15, 0.2) is 42.6 Å². The summed E-state index contributed by atoms with van der Waals surface area (Å²) in [5.41, 5.74) is 1.17. The minimum Gasteiger partial charge on any atom is -0.496 e. The van der Waals surface area contributed by atoms with Crippen LogP contribution in [0.5, 0.6) is 5.75 Å². The van der Waals surface area contributed by atoms with Gasteiger partial charge in [-0.25, -0.2) is 4.98 Å². The average Bonchev–Trinajstić information content (AvgIpc) is 2.47. The molecule has 0 aliphatic carbocycles. The summed E-state index contributed by atoms with van der Waals surface area (Å²) in [4.78, 5) is 16.8. The number of ether oxygens (including phenoxy) is 1. The van der Waals surface area contributed by atoms with E-state index in [9.17, 15) is 4.79 Å². The van der Waals surface area contributed by atoms with Crippen LogP contribution in [0.25, 0.3) is 0 Å². The molecule has 0 fully saturated rings. The van der Waals surface area contributed by atoms with Crippen LogP contribution >= 0.6 is 0 Å².